The number of benzene rings is 1. The highest BCUT2D eigenvalue weighted by atomic mass is 32.2. The van der Waals surface area contributed by atoms with Crippen LogP contribution >= 0.6 is 0 Å². The molecule has 5 N–H and O–H groups in total. The van der Waals surface area contributed by atoms with E-state index in [0.717, 1.165) is 22.0 Å². The van der Waals surface area contributed by atoms with Gasteiger partial charge in [-0.2, -0.15) is 8.42 Å². The molecule has 1 saturated heterocycles. The van der Waals surface area contributed by atoms with E-state index in [1.165, 1.54) is 7.05 Å². The lowest BCUT2D eigenvalue weighted by molar-refractivity contribution is -0.148. The maximum atomic E-state index is 13.5. The molecule has 1 heterocycles. The molecule has 0 spiro atoms. The summed E-state index contributed by atoms with van der Waals surface area (Å²) in [6.07, 6.45) is 2.71. The van der Waals surface area contributed by atoms with Gasteiger partial charge in [-0.05, 0) is 50.8 Å². The van der Waals surface area contributed by atoms with Crippen molar-refractivity contribution in [1.29, 1.82) is 0 Å². The maximum absolute atomic E-state index is 13.5. The molecule has 1 aromatic carbocycles. The number of carbonyl (C=O) groups is 7. The monoisotopic (exact) mass is 863 g/mol. The van der Waals surface area contributed by atoms with Crippen LogP contribution in [0.5, 0.6) is 0 Å². The lowest BCUT2D eigenvalue weighted by Gasteiger charge is -2.27. The molecule has 3 unspecified atom stereocenters. The third kappa shape index (κ3) is 17.6. The summed E-state index contributed by atoms with van der Waals surface area (Å²) >= 11 is 0. The van der Waals surface area contributed by atoms with Crippen LogP contribution in [0.2, 0.25) is 0 Å². The van der Waals surface area contributed by atoms with E-state index in [9.17, 15) is 47.1 Å². The van der Waals surface area contributed by atoms with E-state index in [1.54, 1.807) is 45.9 Å². The van der Waals surface area contributed by atoms with Gasteiger partial charge in [0.15, 0.2) is 0 Å². The van der Waals surface area contributed by atoms with Crippen LogP contribution in [-0.2, 0) is 64.5 Å². The largest absolute Gasteiger partial charge is 0.461 e. The zero-order chi connectivity index (χ0) is 45.2. The number of aldehydes is 1. The molecule has 2 rings (SSSR count). The van der Waals surface area contributed by atoms with Gasteiger partial charge in [0.05, 0.1) is 49.6 Å². The number of likely N-dealkylation sites (tertiary alicyclic amines) is 1. The van der Waals surface area contributed by atoms with Gasteiger partial charge in [-0.25, -0.2) is 0 Å². The predicted octanol–water partition coefficient (Wildman–Crippen LogP) is 0.198. The minimum absolute atomic E-state index is 0.0149. The minimum Gasteiger partial charge on any atom is -0.461 e. The molecule has 0 radical (unpaired) electrons. The first-order chi connectivity index (χ1) is 28.1. The third-order valence-corrected chi connectivity index (χ3v) is 9.82. The number of amides is 5. The van der Waals surface area contributed by atoms with Gasteiger partial charge in [0.25, 0.3) is 10.1 Å². The van der Waals surface area contributed by atoms with Gasteiger partial charge in [-0.3, -0.25) is 38.1 Å². The number of anilines is 1. The summed E-state index contributed by atoms with van der Waals surface area (Å²) in [6.45, 7) is 8.54. The number of hydrogen-bond acceptors (Lipinski definition) is 13. The number of carbonyl (C=O) groups excluding carboxylic acids is 7. The number of esters is 1. The van der Waals surface area contributed by atoms with Crippen LogP contribution in [0.4, 0.5) is 5.69 Å². The molecule has 3 atom stereocenters. The maximum Gasteiger partial charge on any atom is 0.308 e. The van der Waals surface area contributed by atoms with Crippen molar-refractivity contribution in [3.05, 3.63) is 41.5 Å². The molecule has 1 aromatic rings. The smallest absolute Gasteiger partial charge is 0.308 e. The molecule has 5 amide bonds. The van der Waals surface area contributed by atoms with Crippen molar-refractivity contribution in [3.63, 3.8) is 0 Å². The van der Waals surface area contributed by atoms with Gasteiger partial charge in [-0.1, -0.05) is 45.6 Å². The number of aliphatic hydroxyl groups is 1. The van der Waals surface area contributed by atoms with Crippen LogP contribution in [0.15, 0.2) is 30.4 Å². The van der Waals surface area contributed by atoms with Gasteiger partial charge in [0.2, 0.25) is 29.5 Å². The average molecular weight is 864 g/mol. The number of aliphatic hydroxyl groups excluding tert-OH is 1. The molecule has 1 aliphatic heterocycles. The quantitative estimate of drug-likeness (QED) is 0.0246. The van der Waals surface area contributed by atoms with Crippen molar-refractivity contribution in [2.45, 2.75) is 84.7 Å². The standard InChI is InChI=1S/C40H57N5O14S/c1-26(2)36(43-34(49)23-45-31(25-57-18-19-60(54,55)56)21-32(38(45)52)44(7)35(50)11-8-15-46)37(51)41-22-33(48)42-30-13-12-29(24-58-39(53)27(3)4)28(20-30)10-9-17-59-40(5,6)14-16-47/h8,11-13,15,20,26-27,31-32,36,47H,14,16-19,21-25H2,1-7H3,(H,41,51)(H,42,48)(H,43,49)(H,54,55,56)/b11-8-. The summed E-state index contributed by atoms with van der Waals surface area (Å²) in [7, 11) is -3.00. The van der Waals surface area contributed by atoms with Crippen LogP contribution in [-0.4, -0.2) is 146 Å². The second-order valence-electron chi connectivity index (χ2n) is 15.2. The molecule has 1 fully saturated rings. The Labute approximate surface area is 350 Å². The topological polar surface area (TPSA) is 264 Å². The van der Waals surface area contributed by atoms with E-state index in [1.807, 2.05) is 13.8 Å². The second kappa shape index (κ2) is 24.2. The minimum atomic E-state index is -4.33. The Kier molecular flexibility index (Phi) is 20.5. The highest BCUT2D eigenvalue weighted by Crippen LogP contribution is 2.24. The summed E-state index contributed by atoms with van der Waals surface area (Å²) in [5.74, 6) is 0.566. The number of hydrogen-bond donors (Lipinski definition) is 5. The van der Waals surface area contributed by atoms with Crippen LogP contribution in [0, 0.1) is 23.7 Å². The Bertz CT molecular complexity index is 1900. The molecule has 1 aliphatic rings. The van der Waals surface area contributed by atoms with Crippen LogP contribution in [0.1, 0.15) is 65.5 Å². The van der Waals surface area contributed by atoms with E-state index in [0.29, 0.717) is 29.5 Å². The van der Waals surface area contributed by atoms with Gasteiger partial charge in [-0.15, -0.1) is 0 Å². The summed E-state index contributed by atoms with van der Waals surface area (Å²) < 4.78 is 47.8. The molecule has 332 valence electrons. The molecular formula is C40H57N5O14S. The number of nitrogens with one attached hydrogen (secondary N) is 3. The third-order valence-electron chi connectivity index (χ3n) is 9.14. The van der Waals surface area contributed by atoms with Crippen molar-refractivity contribution in [1.82, 2.24) is 20.4 Å². The Morgan fingerprint density at radius 1 is 1.12 bits per heavy atom. The van der Waals surface area contributed by atoms with E-state index in [4.69, 9.17) is 18.8 Å². The summed E-state index contributed by atoms with van der Waals surface area (Å²) in [5.41, 5.74) is 0.732. The van der Waals surface area contributed by atoms with E-state index < -0.39 is 101 Å². The van der Waals surface area contributed by atoms with Crippen LogP contribution < -0.4 is 16.0 Å². The molecule has 0 aliphatic carbocycles. The number of rotatable bonds is 23. The van der Waals surface area contributed by atoms with Crippen molar-refractivity contribution in [3.8, 4) is 11.8 Å². The van der Waals surface area contributed by atoms with Crippen molar-refractivity contribution in [2.24, 2.45) is 11.8 Å². The SMILES string of the molecule is CC(C)C(=O)OCc1ccc(NC(=O)CNC(=O)C(NC(=O)CN2C(=O)C(N(C)C(=O)/C=C\C=O)CC2COCCS(=O)(=O)O)C(C)C)cc1C#CCOC(C)(C)CCO. The van der Waals surface area contributed by atoms with E-state index in [-0.39, 0.29) is 38.8 Å². The normalized spacial score (nSPS) is 16.0. The van der Waals surface area contributed by atoms with E-state index >= 15 is 0 Å². The lowest BCUT2D eigenvalue weighted by Crippen LogP contribution is -2.54. The summed E-state index contributed by atoms with van der Waals surface area (Å²) in [5, 5.41) is 17.0. The molecule has 19 nitrogen and oxygen atoms in total. The van der Waals surface area contributed by atoms with Crippen LogP contribution in [0.3, 0.4) is 0 Å². The number of allylic oxidation sites excluding steroid dienone is 1. The number of nitrogens with zero attached hydrogens (tertiary/aromatic N) is 2. The highest BCUT2D eigenvalue weighted by Gasteiger charge is 2.43. The second-order valence-corrected chi connectivity index (χ2v) is 16.8. The first-order valence-corrected chi connectivity index (χ1v) is 20.8. The fraction of sp³-hybridized carbons (Fsp3) is 0.575. The van der Waals surface area contributed by atoms with Crippen molar-refractivity contribution >= 4 is 57.6 Å². The lowest BCUT2D eigenvalue weighted by atomic mass is 10.0. The molecule has 0 bridgehead atoms. The number of likely N-dealkylation sites (N-methyl/N-ethyl adjacent to an activating group) is 1. The zero-order valence-electron chi connectivity index (χ0n) is 35.0. The first-order valence-electron chi connectivity index (χ1n) is 19.2. The Morgan fingerprint density at radius 3 is 2.43 bits per heavy atom. The molecular weight excluding hydrogens is 807 g/mol. The Morgan fingerprint density at radius 2 is 1.82 bits per heavy atom. The molecule has 0 saturated carbocycles. The number of ether oxygens (including phenoxy) is 3. The van der Waals surface area contributed by atoms with E-state index in [2.05, 4.69) is 27.8 Å². The van der Waals surface area contributed by atoms with Gasteiger partial charge in [0.1, 0.15) is 31.6 Å². The van der Waals surface area contributed by atoms with Gasteiger partial charge >= 0.3 is 5.97 Å². The zero-order valence-corrected chi connectivity index (χ0v) is 35.8. The molecule has 0 aromatic heterocycles. The summed E-state index contributed by atoms with van der Waals surface area (Å²) in [6, 6.07) is 1.76. The van der Waals surface area contributed by atoms with Gasteiger partial charge < -0.3 is 45.1 Å². The average Bonchev–Trinajstić information content (AvgIpc) is 3.47. The summed E-state index contributed by atoms with van der Waals surface area (Å²) in [4.78, 5) is 90.7. The highest BCUT2D eigenvalue weighted by molar-refractivity contribution is 7.85. The Hall–Kier alpha value is -5.20. The predicted molar refractivity (Wildman–Crippen MR) is 217 cm³/mol. The molecule has 20 heteroatoms. The molecule has 60 heavy (non-hydrogen) atoms. The first kappa shape index (κ1) is 50.9. The van der Waals surface area contributed by atoms with Crippen molar-refractivity contribution in [2.75, 3.05) is 57.6 Å². The van der Waals surface area contributed by atoms with Gasteiger partial charge in [0, 0.05) is 36.5 Å². The van der Waals surface area contributed by atoms with Crippen LogP contribution in [0.25, 0.3) is 0 Å². The van der Waals surface area contributed by atoms with Crippen molar-refractivity contribution < 1.29 is 65.8 Å². The fourth-order valence-corrected chi connectivity index (χ4v) is 5.96. The fourth-order valence-electron chi connectivity index (χ4n) is 5.63. The Balaban J connectivity index is 2.14.